The topological polar surface area (TPSA) is 216 Å². The highest BCUT2D eigenvalue weighted by atomic mass is 16.7. The molecular formula is C41H64O13. The van der Waals surface area contributed by atoms with Crippen molar-refractivity contribution in [3.8, 4) is 0 Å². The molecule has 7 aliphatic rings. The first-order chi connectivity index (χ1) is 25.1. The summed E-state index contributed by atoms with van der Waals surface area (Å²) in [7, 11) is 0. The van der Waals surface area contributed by atoms with E-state index in [9.17, 15) is 45.6 Å². The molecule has 18 atom stereocenters. The Morgan fingerprint density at radius 1 is 0.852 bits per heavy atom. The van der Waals surface area contributed by atoms with E-state index in [1.165, 1.54) is 0 Å². The van der Waals surface area contributed by atoms with Crippen LogP contribution in [0.4, 0.5) is 0 Å². The number of carbonyl (C=O) groups excluding carboxylic acids is 1. The summed E-state index contributed by atoms with van der Waals surface area (Å²) in [5.74, 6) is -0.770. The van der Waals surface area contributed by atoms with Gasteiger partial charge in [0.05, 0.1) is 30.3 Å². The fraction of sp³-hybridized carbons (Fsp3) is 0.878. The third-order valence-electron chi connectivity index (χ3n) is 16.8. The molecule has 0 aromatic rings. The molecule has 0 spiro atoms. The Hall–Kier alpha value is -1.49. The minimum atomic E-state index is -1.73. The van der Waals surface area contributed by atoms with Crippen molar-refractivity contribution in [3.63, 3.8) is 0 Å². The average Bonchev–Trinajstić information content (AvgIpc) is 3.11. The van der Waals surface area contributed by atoms with Crippen LogP contribution in [0.15, 0.2) is 23.8 Å². The number of hydrogen-bond donors (Lipinski definition) is 8. The monoisotopic (exact) mass is 764 g/mol. The molecule has 54 heavy (non-hydrogen) atoms. The molecule has 5 aliphatic carbocycles. The standard InChI is InChI=1S/C41H64O13/c1-20-10-15-41(35(49)54-34-31(48)29(46)28(45)23(18-42)52-34)17-16-38(5)21(32(41)40(20,7)50)8-9-25-37(4)13-12-26(36(2,3)24(37)11-14-39(25,38)6)53-33-30(47)27(44)22(43)19-51-33/h8,22-34,42-48,50H,1,9-19H2,2-7H3/t22-,23-,24+,25-,26+,27+,28-,29+,30-,31-,32-,33+,34+,37+,38-,39-,40-,41+/m1/s1. The van der Waals surface area contributed by atoms with Crippen molar-refractivity contribution in [2.24, 2.45) is 44.8 Å². The van der Waals surface area contributed by atoms with Crippen molar-refractivity contribution in [1.82, 2.24) is 0 Å². The number of aliphatic hydroxyl groups excluding tert-OH is 7. The molecule has 6 fully saturated rings. The zero-order valence-electron chi connectivity index (χ0n) is 32.7. The predicted molar refractivity (Wildman–Crippen MR) is 193 cm³/mol. The van der Waals surface area contributed by atoms with Crippen LogP contribution in [0, 0.1) is 44.8 Å². The van der Waals surface area contributed by atoms with Gasteiger partial charge in [0.1, 0.15) is 42.7 Å². The molecule has 0 radical (unpaired) electrons. The second kappa shape index (κ2) is 13.5. The molecular weight excluding hydrogens is 700 g/mol. The molecule has 7 rings (SSSR count). The van der Waals surface area contributed by atoms with Crippen LogP contribution < -0.4 is 0 Å². The molecule has 13 nitrogen and oxygen atoms in total. The molecule has 2 saturated heterocycles. The molecule has 2 aliphatic heterocycles. The minimum absolute atomic E-state index is 0.0849. The average molecular weight is 765 g/mol. The molecule has 0 aromatic carbocycles. The van der Waals surface area contributed by atoms with Crippen LogP contribution >= 0.6 is 0 Å². The van der Waals surface area contributed by atoms with Crippen LogP contribution in [0.5, 0.6) is 0 Å². The smallest absolute Gasteiger partial charge is 0.315 e. The molecule has 0 unspecified atom stereocenters. The maximum atomic E-state index is 14.6. The van der Waals surface area contributed by atoms with Gasteiger partial charge in [0.2, 0.25) is 6.29 Å². The number of carbonyl (C=O) groups is 1. The fourth-order valence-electron chi connectivity index (χ4n) is 13.3. The van der Waals surface area contributed by atoms with Gasteiger partial charge in [-0.15, -0.1) is 0 Å². The Kier molecular flexibility index (Phi) is 10.2. The normalized spacial score (nSPS) is 54.3. The van der Waals surface area contributed by atoms with E-state index in [1.54, 1.807) is 6.92 Å². The lowest BCUT2D eigenvalue weighted by molar-refractivity contribution is -0.308. The molecule has 0 amide bonds. The van der Waals surface area contributed by atoms with Crippen LogP contribution in [-0.2, 0) is 23.7 Å². The Bertz CT molecular complexity index is 1510. The van der Waals surface area contributed by atoms with Gasteiger partial charge in [-0.3, -0.25) is 4.79 Å². The lowest BCUT2D eigenvalue weighted by atomic mass is 9.33. The van der Waals surface area contributed by atoms with E-state index in [-0.39, 0.29) is 40.8 Å². The first kappa shape index (κ1) is 40.7. The number of hydrogen-bond acceptors (Lipinski definition) is 13. The zero-order chi connectivity index (χ0) is 39.6. The summed E-state index contributed by atoms with van der Waals surface area (Å²) >= 11 is 0. The van der Waals surface area contributed by atoms with E-state index >= 15 is 0 Å². The van der Waals surface area contributed by atoms with Crippen molar-refractivity contribution < 1.29 is 64.6 Å². The first-order valence-electron chi connectivity index (χ1n) is 20.1. The van der Waals surface area contributed by atoms with Crippen LogP contribution in [0.2, 0.25) is 0 Å². The molecule has 8 N–H and O–H groups in total. The Labute approximate surface area is 318 Å². The molecule has 0 bridgehead atoms. The first-order valence-corrected chi connectivity index (χ1v) is 20.1. The summed E-state index contributed by atoms with van der Waals surface area (Å²) in [4.78, 5) is 14.6. The summed E-state index contributed by atoms with van der Waals surface area (Å²) in [6, 6.07) is 0. The van der Waals surface area contributed by atoms with Gasteiger partial charge in [0, 0.05) is 5.92 Å². The zero-order valence-corrected chi connectivity index (χ0v) is 32.7. The Balaban J connectivity index is 1.19. The van der Waals surface area contributed by atoms with Gasteiger partial charge in [-0.2, -0.15) is 0 Å². The third kappa shape index (κ3) is 5.61. The number of ether oxygens (including phenoxy) is 4. The maximum Gasteiger partial charge on any atom is 0.315 e. The number of aliphatic hydroxyl groups is 8. The van der Waals surface area contributed by atoms with E-state index in [0.29, 0.717) is 31.3 Å². The summed E-state index contributed by atoms with van der Waals surface area (Å²) in [6.45, 7) is 16.8. The van der Waals surface area contributed by atoms with Gasteiger partial charge in [-0.1, -0.05) is 52.8 Å². The van der Waals surface area contributed by atoms with Gasteiger partial charge in [0.25, 0.3) is 0 Å². The molecule has 13 heteroatoms. The summed E-state index contributed by atoms with van der Waals surface area (Å²) in [5, 5.41) is 84.7. The largest absolute Gasteiger partial charge is 0.432 e. The van der Waals surface area contributed by atoms with E-state index in [4.69, 9.17) is 18.9 Å². The van der Waals surface area contributed by atoms with Crippen LogP contribution in [0.1, 0.15) is 99.3 Å². The molecule has 306 valence electrons. The second-order valence-electron chi connectivity index (χ2n) is 19.5. The summed E-state index contributed by atoms with van der Waals surface area (Å²) in [6.07, 6.45) is -4.65. The van der Waals surface area contributed by atoms with E-state index in [2.05, 4.69) is 47.3 Å². The highest BCUT2D eigenvalue weighted by Crippen LogP contribution is 2.76. The second-order valence-corrected chi connectivity index (χ2v) is 19.5. The van der Waals surface area contributed by atoms with E-state index in [1.807, 2.05) is 0 Å². The third-order valence-corrected chi connectivity index (χ3v) is 16.8. The van der Waals surface area contributed by atoms with Gasteiger partial charge in [-0.05, 0) is 104 Å². The van der Waals surface area contributed by atoms with Gasteiger partial charge in [0.15, 0.2) is 6.29 Å². The number of esters is 1. The summed E-state index contributed by atoms with van der Waals surface area (Å²) in [5.41, 5.74) is -1.92. The van der Waals surface area contributed by atoms with Crippen LogP contribution in [-0.4, -0.2) is 127 Å². The Morgan fingerprint density at radius 3 is 2.22 bits per heavy atom. The SMILES string of the molecule is C=C1CC[C@]2(C(=O)O[C@@H]3O[C@H](CO)[C@@H](O)[C@H](O)[C@H]3O)CC[C@]3(C)C(=CC[C@@H]4[C@@]5(C)CC[C@H](O[C@@H]6OC[C@@H](O)[C@H](O)[C@H]6O)C(C)(C)[C@@H]5CC[C@]43C)[C@@H]2[C@]1(C)O. The lowest BCUT2D eigenvalue weighted by Crippen LogP contribution is -2.68. The van der Waals surface area contributed by atoms with Crippen molar-refractivity contribution in [2.45, 2.75) is 166 Å². The van der Waals surface area contributed by atoms with Crippen molar-refractivity contribution in [1.29, 1.82) is 0 Å². The Morgan fingerprint density at radius 2 is 1.54 bits per heavy atom. The number of allylic oxidation sites excluding steroid dienone is 1. The quantitative estimate of drug-likeness (QED) is 0.114. The van der Waals surface area contributed by atoms with Crippen LogP contribution in [0.3, 0.4) is 0 Å². The number of fused-ring (bicyclic) bond motifs is 7. The fourth-order valence-corrected chi connectivity index (χ4v) is 13.3. The van der Waals surface area contributed by atoms with E-state index < -0.39 is 90.2 Å². The summed E-state index contributed by atoms with van der Waals surface area (Å²) < 4.78 is 23.6. The molecule has 4 saturated carbocycles. The van der Waals surface area contributed by atoms with Crippen molar-refractivity contribution >= 4 is 5.97 Å². The predicted octanol–water partition coefficient (Wildman–Crippen LogP) is 1.85. The van der Waals surface area contributed by atoms with Crippen LogP contribution in [0.25, 0.3) is 0 Å². The maximum absolute atomic E-state index is 14.6. The molecule has 2 heterocycles. The lowest BCUT2D eigenvalue weighted by Gasteiger charge is -2.71. The van der Waals surface area contributed by atoms with Crippen molar-refractivity contribution in [2.75, 3.05) is 13.2 Å². The highest BCUT2D eigenvalue weighted by Gasteiger charge is 2.72. The van der Waals surface area contributed by atoms with E-state index in [0.717, 1.165) is 37.7 Å². The van der Waals surface area contributed by atoms with Gasteiger partial charge in [-0.25, -0.2) is 0 Å². The minimum Gasteiger partial charge on any atom is -0.432 e. The number of rotatable bonds is 5. The highest BCUT2D eigenvalue weighted by molar-refractivity contribution is 5.80. The molecule has 0 aromatic heterocycles. The van der Waals surface area contributed by atoms with Gasteiger partial charge >= 0.3 is 5.97 Å². The van der Waals surface area contributed by atoms with Gasteiger partial charge < -0.3 is 59.8 Å². The van der Waals surface area contributed by atoms with Crippen molar-refractivity contribution in [3.05, 3.63) is 23.8 Å².